The fraction of sp³-hybridized carbons (Fsp3) is 0.778. The molecule has 58 valence electrons. The first-order valence-corrected chi connectivity index (χ1v) is 4.08. The molecule has 10 heavy (non-hydrogen) atoms. The van der Waals surface area contributed by atoms with Gasteiger partial charge in [0.15, 0.2) is 0 Å². The number of hydrogen-bond donors (Lipinski definition) is 1. The molecule has 0 aromatic heterocycles. The molecular weight excluding hydrogens is 122 g/mol. The summed E-state index contributed by atoms with van der Waals surface area (Å²) >= 11 is 0. The molecule has 0 radical (unpaired) electrons. The van der Waals surface area contributed by atoms with Crippen molar-refractivity contribution in [2.45, 2.75) is 26.2 Å². The smallest absolute Gasteiger partial charge is 0.000813 e. The van der Waals surface area contributed by atoms with Gasteiger partial charge in [0.05, 0.1) is 0 Å². The molecule has 1 fully saturated rings. The highest BCUT2D eigenvalue weighted by atomic mass is 14.9. The van der Waals surface area contributed by atoms with Gasteiger partial charge in [-0.1, -0.05) is 13.0 Å². The summed E-state index contributed by atoms with van der Waals surface area (Å²) in [6.45, 7) is 8.47. The fourth-order valence-corrected chi connectivity index (χ4v) is 1.64. The molecule has 1 atom stereocenters. The molecule has 1 saturated heterocycles. The molecule has 1 heteroatoms. The van der Waals surface area contributed by atoms with Gasteiger partial charge in [-0.15, -0.1) is 6.58 Å². The van der Waals surface area contributed by atoms with Crippen LogP contribution in [0.3, 0.4) is 0 Å². The van der Waals surface area contributed by atoms with Crippen LogP contribution in [0, 0.1) is 5.41 Å². The maximum absolute atomic E-state index is 3.77. The Morgan fingerprint density at radius 2 is 2.50 bits per heavy atom. The van der Waals surface area contributed by atoms with Gasteiger partial charge >= 0.3 is 0 Å². The second-order valence-corrected chi connectivity index (χ2v) is 3.58. The highest BCUT2D eigenvalue weighted by Gasteiger charge is 2.24. The molecule has 0 bridgehead atoms. The fourth-order valence-electron chi connectivity index (χ4n) is 1.64. The Kier molecular flexibility index (Phi) is 2.50. The zero-order chi connectivity index (χ0) is 7.45. The molecular formula is C9H17N. The summed E-state index contributed by atoms with van der Waals surface area (Å²) in [7, 11) is 0. The van der Waals surface area contributed by atoms with Crippen molar-refractivity contribution in [2.75, 3.05) is 13.1 Å². The van der Waals surface area contributed by atoms with E-state index in [0.717, 1.165) is 6.42 Å². The van der Waals surface area contributed by atoms with Crippen LogP contribution in [0.4, 0.5) is 0 Å². The Morgan fingerprint density at radius 1 is 1.70 bits per heavy atom. The first-order valence-electron chi connectivity index (χ1n) is 4.08. The highest BCUT2D eigenvalue weighted by Crippen LogP contribution is 2.29. The van der Waals surface area contributed by atoms with Gasteiger partial charge in [0, 0.05) is 6.54 Å². The SMILES string of the molecule is C=CCC1(C)CCCNC1. The summed E-state index contributed by atoms with van der Waals surface area (Å²) in [6.07, 6.45) is 5.86. The van der Waals surface area contributed by atoms with Crippen LogP contribution in [-0.4, -0.2) is 13.1 Å². The quantitative estimate of drug-likeness (QED) is 0.577. The van der Waals surface area contributed by atoms with Crippen LogP contribution in [0.25, 0.3) is 0 Å². The summed E-state index contributed by atoms with van der Waals surface area (Å²) in [6, 6.07) is 0. The van der Waals surface area contributed by atoms with Crippen LogP contribution in [-0.2, 0) is 0 Å². The van der Waals surface area contributed by atoms with Crippen LogP contribution in [0.2, 0.25) is 0 Å². The highest BCUT2D eigenvalue weighted by molar-refractivity contribution is 4.87. The van der Waals surface area contributed by atoms with E-state index < -0.39 is 0 Å². The van der Waals surface area contributed by atoms with Crippen molar-refractivity contribution < 1.29 is 0 Å². The molecule has 1 unspecified atom stereocenters. The Labute approximate surface area is 63.5 Å². The van der Waals surface area contributed by atoms with Crippen molar-refractivity contribution in [1.82, 2.24) is 5.32 Å². The van der Waals surface area contributed by atoms with Gasteiger partial charge in [-0.25, -0.2) is 0 Å². The number of nitrogens with one attached hydrogen (secondary N) is 1. The number of hydrogen-bond acceptors (Lipinski definition) is 1. The average molecular weight is 139 g/mol. The summed E-state index contributed by atoms with van der Waals surface area (Å²) in [5.41, 5.74) is 0.500. The summed E-state index contributed by atoms with van der Waals surface area (Å²) in [5.74, 6) is 0. The monoisotopic (exact) mass is 139 g/mol. The van der Waals surface area contributed by atoms with Gasteiger partial charge in [0.1, 0.15) is 0 Å². The van der Waals surface area contributed by atoms with Gasteiger partial charge < -0.3 is 5.32 Å². The Hall–Kier alpha value is -0.300. The molecule has 0 aromatic carbocycles. The minimum atomic E-state index is 0.500. The minimum Gasteiger partial charge on any atom is -0.316 e. The summed E-state index contributed by atoms with van der Waals surface area (Å²) in [4.78, 5) is 0. The van der Waals surface area contributed by atoms with Crippen LogP contribution in [0.15, 0.2) is 12.7 Å². The maximum atomic E-state index is 3.77. The topological polar surface area (TPSA) is 12.0 Å². The van der Waals surface area contributed by atoms with E-state index in [4.69, 9.17) is 0 Å². The normalized spacial score (nSPS) is 33.7. The predicted molar refractivity (Wildman–Crippen MR) is 45.0 cm³/mol. The van der Waals surface area contributed by atoms with Crippen molar-refractivity contribution >= 4 is 0 Å². The van der Waals surface area contributed by atoms with E-state index in [1.165, 1.54) is 25.9 Å². The zero-order valence-corrected chi connectivity index (χ0v) is 6.82. The third kappa shape index (κ3) is 1.84. The second kappa shape index (κ2) is 3.20. The maximum Gasteiger partial charge on any atom is 0.000813 e. The molecule has 1 aliphatic rings. The van der Waals surface area contributed by atoms with Crippen molar-refractivity contribution in [3.63, 3.8) is 0 Å². The molecule has 0 amide bonds. The van der Waals surface area contributed by atoms with Crippen LogP contribution in [0.5, 0.6) is 0 Å². The van der Waals surface area contributed by atoms with E-state index in [1.54, 1.807) is 0 Å². The standard InChI is InChI=1S/C9H17N/c1-3-5-9(2)6-4-7-10-8-9/h3,10H,1,4-8H2,2H3. The summed E-state index contributed by atoms with van der Waals surface area (Å²) < 4.78 is 0. The average Bonchev–Trinajstić information content (AvgIpc) is 1.89. The molecule has 0 saturated carbocycles. The molecule has 1 nitrogen and oxygen atoms in total. The lowest BCUT2D eigenvalue weighted by Crippen LogP contribution is -2.37. The third-order valence-electron chi connectivity index (χ3n) is 2.32. The molecule has 1 N–H and O–H groups in total. The van der Waals surface area contributed by atoms with Crippen LogP contribution < -0.4 is 5.32 Å². The van der Waals surface area contributed by atoms with E-state index in [1.807, 2.05) is 6.08 Å². The largest absolute Gasteiger partial charge is 0.316 e. The van der Waals surface area contributed by atoms with Crippen molar-refractivity contribution in [2.24, 2.45) is 5.41 Å². The van der Waals surface area contributed by atoms with E-state index in [9.17, 15) is 0 Å². The van der Waals surface area contributed by atoms with Crippen LogP contribution in [0.1, 0.15) is 26.2 Å². The predicted octanol–water partition coefficient (Wildman–Crippen LogP) is 1.95. The van der Waals surface area contributed by atoms with E-state index in [-0.39, 0.29) is 0 Å². The van der Waals surface area contributed by atoms with Gasteiger partial charge in [0.25, 0.3) is 0 Å². The van der Waals surface area contributed by atoms with Gasteiger partial charge in [-0.3, -0.25) is 0 Å². The first kappa shape index (κ1) is 7.80. The van der Waals surface area contributed by atoms with Crippen molar-refractivity contribution in [3.05, 3.63) is 12.7 Å². The number of piperidine rings is 1. The molecule has 1 heterocycles. The molecule has 1 aliphatic heterocycles. The first-order chi connectivity index (χ1) is 4.77. The molecule has 0 spiro atoms. The minimum absolute atomic E-state index is 0.500. The Bertz CT molecular complexity index is 112. The number of allylic oxidation sites excluding steroid dienone is 1. The number of rotatable bonds is 2. The summed E-state index contributed by atoms with van der Waals surface area (Å²) in [5, 5.41) is 3.41. The lowest BCUT2D eigenvalue weighted by atomic mass is 9.80. The molecule has 0 aliphatic carbocycles. The second-order valence-electron chi connectivity index (χ2n) is 3.58. The third-order valence-corrected chi connectivity index (χ3v) is 2.32. The van der Waals surface area contributed by atoms with Gasteiger partial charge in [-0.2, -0.15) is 0 Å². The lowest BCUT2D eigenvalue weighted by Gasteiger charge is -2.33. The van der Waals surface area contributed by atoms with Crippen LogP contribution >= 0.6 is 0 Å². The van der Waals surface area contributed by atoms with Gasteiger partial charge in [-0.05, 0) is 31.2 Å². The Balaban J connectivity index is 2.39. The molecule has 1 rings (SSSR count). The Morgan fingerprint density at radius 3 is 3.00 bits per heavy atom. The zero-order valence-electron chi connectivity index (χ0n) is 6.82. The molecule has 0 aromatic rings. The lowest BCUT2D eigenvalue weighted by molar-refractivity contribution is 0.239. The van der Waals surface area contributed by atoms with Crippen molar-refractivity contribution in [3.8, 4) is 0 Å². The van der Waals surface area contributed by atoms with E-state index in [2.05, 4.69) is 18.8 Å². The van der Waals surface area contributed by atoms with E-state index >= 15 is 0 Å². The van der Waals surface area contributed by atoms with Gasteiger partial charge in [0.2, 0.25) is 0 Å². The van der Waals surface area contributed by atoms with E-state index in [0.29, 0.717) is 5.41 Å². The van der Waals surface area contributed by atoms with Crippen molar-refractivity contribution in [1.29, 1.82) is 0 Å².